The second kappa shape index (κ2) is 7.06. The SMILES string of the molecule is CCCSc1nnc2c(n1)OC(c1ccccn1)Nc1ccccc1-2. The molecule has 0 radical (unpaired) electrons. The molecule has 0 bridgehead atoms. The average molecular weight is 351 g/mol. The fourth-order valence-electron chi connectivity index (χ4n) is 2.57. The molecule has 0 aliphatic carbocycles. The summed E-state index contributed by atoms with van der Waals surface area (Å²) >= 11 is 1.58. The van der Waals surface area contributed by atoms with E-state index in [1.54, 1.807) is 18.0 Å². The van der Waals surface area contributed by atoms with Crippen molar-refractivity contribution in [2.45, 2.75) is 24.7 Å². The highest BCUT2D eigenvalue weighted by molar-refractivity contribution is 7.99. The predicted molar refractivity (Wildman–Crippen MR) is 97.5 cm³/mol. The predicted octanol–water partition coefficient (Wildman–Crippen LogP) is 3.94. The summed E-state index contributed by atoms with van der Waals surface area (Å²) in [4.78, 5) is 8.99. The standard InChI is InChI=1S/C18H17N5OS/c1-2-11-25-18-21-17-15(22-23-18)12-7-3-4-8-13(12)20-16(24-17)14-9-5-6-10-19-14/h3-10,16,20H,2,11H2,1H3. The van der Waals surface area contributed by atoms with Gasteiger partial charge in [0.15, 0.2) is 5.69 Å². The van der Waals surface area contributed by atoms with Crippen LogP contribution in [0.5, 0.6) is 5.88 Å². The molecule has 0 saturated carbocycles. The molecule has 1 atom stereocenters. The van der Waals surface area contributed by atoms with E-state index in [1.807, 2.05) is 42.5 Å². The summed E-state index contributed by atoms with van der Waals surface area (Å²) < 4.78 is 6.15. The van der Waals surface area contributed by atoms with Gasteiger partial charge in [-0.05, 0) is 24.6 Å². The Kier molecular flexibility index (Phi) is 4.47. The summed E-state index contributed by atoms with van der Waals surface area (Å²) in [6.45, 7) is 2.12. The van der Waals surface area contributed by atoms with Crippen molar-refractivity contribution in [2.75, 3.05) is 11.1 Å². The van der Waals surface area contributed by atoms with Crippen molar-refractivity contribution < 1.29 is 4.74 Å². The molecule has 1 N–H and O–H groups in total. The van der Waals surface area contributed by atoms with Gasteiger partial charge in [-0.3, -0.25) is 4.98 Å². The number of anilines is 1. The largest absolute Gasteiger partial charge is 0.446 e. The lowest BCUT2D eigenvalue weighted by molar-refractivity contribution is 0.220. The maximum Gasteiger partial charge on any atom is 0.247 e. The molecule has 1 aliphatic rings. The van der Waals surface area contributed by atoms with Gasteiger partial charge in [0.1, 0.15) is 5.69 Å². The molecule has 1 unspecified atom stereocenters. The van der Waals surface area contributed by atoms with E-state index in [0.717, 1.165) is 29.1 Å². The molecular formula is C18H17N5OS. The smallest absolute Gasteiger partial charge is 0.247 e. The number of rotatable bonds is 4. The minimum atomic E-state index is -0.440. The molecule has 0 fully saturated rings. The lowest BCUT2D eigenvalue weighted by atomic mass is 10.1. The Morgan fingerprint density at radius 2 is 2.00 bits per heavy atom. The Bertz CT molecular complexity index is 874. The van der Waals surface area contributed by atoms with Gasteiger partial charge in [-0.2, -0.15) is 4.98 Å². The molecule has 126 valence electrons. The Labute approximate surface area is 150 Å². The number of benzene rings is 1. The summed E-state index contributed by atoms with van der Waals surface area (Å²) in [6.07, 6.45) is 2.36. The number of hydrogen-bond acceptors (Lipinski definition) is 7. The average Bonchev–Trinajstić information content (AvgIpc) is 2.83. The molecule has 1 aromatic carbocycles. The summed E-state index contributed by atoms with van der Waals surface area (Å²) in [5.74, 6) is 1.42. The van der Waals surface area contributed by atoms with E-state index >= 15 is 0 Å². The first-order valence-electron chi connectivity index (χ1n) is 8.16. The van der Waals surface area contributed by atoms with Gasteiger partial charge in [0.2, 0.25) is 17.3 Å². The Morgan fingerprint density at radius 3 is 2.84 bits per heavy atom. The van der Waals surface area contributed by atoms with Crippen LogP contribution in [0.4, 0.5) is 5.69 Å². The Hall–Kier alpha value is -2.67. The highest BCUT2D eigenvalue weighted by Gasteiger charge is 2.26. The maximum atomic E-state index is 6.15. The number of thioether (sulfide) groups is 1. The molecule has 25 heavy (non-hydrogen) atoms. The van der Waals surface area contributed by atoms with Crippen LogP contribution >= 0.6 is 11.8 Å². The second-order valence-electron chi connectivity index (χ2n) is 5.54. The van der Waals surface area contributed by atoms with Gasteiger partial charge in [0.05, 0.1) is 0 Å². The van der Waals surface area contributed by atoms with Gasteiger partial charge in [-0.1, -0.05) is 43.0 Å². The van der Waals surface area contributed by atoms with E-state index in [-0.39, 0.29) is 0 Å². The number of nitrogens with one attached hydrogen (secondary N) is 1. The van der Waals surface area contributed by atoms with Crippen LogP contribution in [-0.4, -0.2) is 25.9 Å². The lowest BCUT2D eigenvalue weighted by Crippen LogP contribution is -2.18. The van der Waals surface area contributed by atoms with Gasteiger partial charge >= 0.3 is 0 Å². The van der Waals surface area contributed by atoms with Crippen molar-refractivity contribution in [3.05, 3.63) is 54.4 Å². The summed E-state index contributed by atoms with van der Waals surface area (Å²) in [5.41, 5.74) is 3.26. The first-order chi connectivity index (χ1) is 12.3. The van der Waals surface area contributed by atoms with Crippen LogP contribution in [-0.2, 0) is 0 Å². The number of fused-ring (bicyclic) bond motifs is 3. The zero-order chi connectivity index (χ0) is 17.1. The van der Waals surface area contributed by atoms with Crippen LogP contribution in [0.2, 0.25) is 0 Å². The van der Waals surface area contributed by atoms with Crippen molar-refractivity contribution in [2.24, 2.45) is 0 Å². The zero-order valence-electron chi connectivity index (χ0n) is 13.7. The van der Waals surface area contributed by atoms with Crippen molar-refractivity contribution in [3.8, 4) is 17.1 Å². The van der Waals surface area contributed by atoms with Gasteiger partial charge in [-0.25, -0.2) is 0 Å². The van der Waals surface area contributed by atoms with Crippen LogP contribution in [0, 0.1) is 0 Å². The molecule has 1 aliphatic heterocycles. The lowest BCUT2D eigenvalue weighted by Gasteiger charge is -2.18. The summed E-state index contributed by atoms with van der Waals surface area (Å²) in [5, 5.41) is 12.6. The van der Waals surface area contributed by atoms with Gasteiger partial charge in [0.25, 0.3) is 0 Å². The minimum Gasteiger partial charge on any atom is -0.446 e. The molecule has 4 rings (SSSR count). The number of ether oxygens (including phenoxy) is 1. The van der Waals surface area contributed by atoms with Crippen LogP contribution in [0.25, 0.3) is 11.3 Å². The number of hydrogen-bond donors (Lipinski definition) is 1. The molecular weight excluding hydrogens is 334 g/mol. The first kappa shape index (κ1) is 15.8. The summed E-state index contributed by atoms with van der Waals surface area (Å²) in [7, 11) is 0. The number of aromatic nitrogens is 4. The van der Waals surface area contributed by atoms with E-state index in [2.05, 4.69) is 32.4 Å². The molecule has 0 saturated heterocycles. The second-order valence-corrected chi connectivity index (χ2v) is 6.60. The maximum absolute atomic E-state index is 6.15. The number of nitrogens with zero attached hydrogens (tertiary/aromatic N) is 4. The quantitative estimate of drug-likeness (QED) is 0.714. The monoisotopic (exact) mass is 351 g/mol. The van der Waals surface area contributed by atoms with E-state index in [9.17, 15) is 0 Å². The van der Waals surface area contributed by atoms with Crippen molar-refractivity contribution in [3.63, 3.8) is 0 Å². The molecule has 7 heteroatoms. The van der Waals surface area contributed by atoms with Crippen LogP contribution < -0.4 is 10.1 Å². The van der Waals surface area contributed by atoms with Crippen molar-refractivity contribution >= 4 is 17.4 Å². The molecule has 0 amide bonds. The van der Waals surface area contributed by atoms with E-state index in [0.29, 0.717) is 16.7 Å². The number of para-hydroxylation sites is 1. The highest BCUT2D eigenvalue weighted by atomic mass is 32.2. The fourth-order valence-corrected chi connectivity index (χ4v) is 3.20. The summed E-state index contributed by atoms with van der Waals surface area (Å²) in [6, 6.07) is 13.7. The molecule has 2 aromatic heterocycles. The molecule has 0 spiro atoms. The van der Waals surface area contributed by atoms with E-state index < -0.39 is 6.23 Å². The number of pyridine rings is 1. The normalized spacial score (nSPS) is 15.3. The van der Waals surface area contributed by atoms with Gasteiger partial charge in [-0.15, -0.1) is 10.2 Å². The van der Waals surface area contributed by atoms with Crippen molar-refractivity contribution in [1.29, 1.82) is 0 Å². The Balaban J connectivity index is 1.79. The van der Waals surface area contributed by atoms with Crippen LogP contribution in [0.15, 0.2) is 53.8 Å². The third kappa shape index (κ3) is 3.28. The highest BCUT2D eigenvalue weighted by Crippen LogP contribution is 2.39. The van der Waals surface area contributed by atoms with Crippen LogP contribution in [0.3, 0.4) is 0 Å². The third-order valence-electron chi connectivity index (χ3n) is 3.73. The zero-order valence-corrected chi connectivity index (χ0v) is 14.5. The molecule has 3 aromatic rings. The van der Waals surface area contributed by atoms with E-state index in [1.165, 1.54) is 0 Å². The molecule has 3 heterocycles. The third-order valence-corrected chi connectivity index (χ3v) is 4.77. The van der Waals surface area contributed by atoms with Gasteiger partial charge in [0, 0.05) is 23.2 Å². The Morgan fingerprint density at radius 1 is 1.12 bits per heavy atom. The van der Waals surface area contributed by atoms with Crippen LogP contribution in [0.1, 0.15) is 25.3 Å². The minimum absolute atomic E-state index is 0.440. The van der Waals surface area contributed by atoms with Gasteiger partial charge < -0.3 is 10.1 Å². The molecule has 6 nitrogen and oxygen atoms in total. The van der Waals surface area contributed by atoms with Crippen molar-refractivity contribution in [1.82, 2.24) is 20.2 Å². The van der Waals surface area contributed by atoms with E-state index in [4.69, 9.17) is 4.74 Å². The first-order valence-corrected chi connectivity index (χ1v) is 9.14. The topological polar surface area (TPSA) is 72.8 Å². The fraction of sp³-hybridized carbons (Fsp3) is 0.222.